The summed E-state index contributed by atoms with van der Waals surface area (Å²) in [6, 6.07) is 16.1. The topological polar surface area (TPSA) is 78.5 Å². The van der Waals surface area contributed by atoms with Gasteiger partial charge in [0.25, 0.3) is 0 Å². The van der Waals surface area contributed by atoms with E-state index >= 15 is 0 Å². The van der Waals surface area contributed by atoms with Gasteiger partial charge in [-0.25, -0.2) is 8.42 Å². The first kappa shape index (κ1) is 20.4. The van der Waals surface area contributed by atoms with E-state index in [0.29, 0.717) is 31.6 Å². The summed E-state index contributed by atoms with van der Waals surface area (Å²) in [5.41, 5.74) is 1.71. The van der Waals surface area contributed by atoms with Gasteiger partial charge >= 0.3 is 0 Å². The number of thiocarbonyl (C=S) groups is 1. The monoisotopic (exact) mass is 417 g/mol. The summed E-state index contributed by atoms with van der Waals surface area (Å²) >= 11 is 5.17. The van der Waals surface area contributed by atoms with Crippen LogP contribution in [0, 0.1) is 0 Å². The summed E-state index contributed by atoms with van der Waals surface area (Å²) in [6.45, 7) is 1.14. The summed E-state index contributed by atoms with van der Waals surface area (Å²) in [5.74, 6) is -0.172. The zero-order valence-corrected chi connectivity index (χ0v) is 17.1. The maximum atomic E-state index is 12.5. The van der Waals surface area contributed by atoms with Crippen molar-refractivity contribution >= 4 is 38.9 Å². The minimum absolute atomic E-state index is 0.172. The highest BCUT2D eigenvalue weighted by Gasteiger charge is 2.26. The number of benzene rings is 2. The summed E-state index contributed by atoms with van der Waals surface area (Å²) in [4.78, 5) is 12.3. The third-order valence-corrected chi connectivity index (χ3v) is 6.67. The minimum atomic E-state index is -3.43. The van der Waals surface area contributed by atoms with Crippen LogP contribution >= 0.6 is 12.2 Å². The van der Waals surface area contributed by atoms with Gasteiger partial charge < -0.3 is 10.6 Å². The van der Waals surface area contributed by atoms with Crippen molar-refractivity contribution in [3.63, 3.8) is 0 Å². The molecule has 1 amide bonds. The molecule has 1 heterocycles. The molecule has 28 heavy (non-hydrogen) atoms. The van der Waals surface area contributed by atoms with E-state index in [1.54, 1.807) is 24.3 Å². The fourth-order valence-electron chi connectivity index (χ4n) is 3.04. The maximum absolute atomic E-state index is 12.5. The minimum Gasteiger partial charge on any atom is -0.332 e. The molecule has 0 radical (unpaired) electrons. The Morgan fingerprint density at radius 3 is 2.29 bits per heavy atom. The number of hydrogen-bond acceptors (Lipinski definition) is 4. The second-order valence-corrected chi connectivity index (χ2v) is 8.97. The molecule has 0 spiro atoms. The van der Waals surface area contributed by atoms with Crippen LogP contribution < -0.4 is 10.6 Å². The number of nitrogens with zero attached hydrogens (tertiary/aromatic N) is 1. The molecule has 0 atom stereocenters. The number of amides is 1. The lowest BCUT2D eigenvalue weighted by molar-refractivity contribution is -0.119. The number of anilines is 1. The Morgan fingerprint density at radius 1 is 1.00 bits per heavy atom. The van der Waals surface area contributed by atoms with Gasteiger partial charge in [0.2, 0.25) is 15.9 Å². The van der Waals surface area contributed by atoms with E-state index in [1.165, 1.54) is 4.31 Å². The van der Waals surface area contributed by atoms with Gasteiger partial charge in [0, 0.05) is 25.2 Å². The maximum Gasteiger partial charge on any atom is 0.243 e. The van der Waals surface area contributed by atoms with Crippen LogP contribution in [0.5, 0.6) is 0 Å². The lowest BCUT2D eigenvalue weighted by atomic mass is 10.1. The Hall–Kier alpha value is -2.29. The SMILES string of the molecule is O=C(CCc1ccccc1)NC(=S)Nc1ccc(S(=O)(=O)N2CCCC2)cc1. The first-order chi connectivity index (χ1) is 13.4. The van der Waals surface area contributed by atoms with Crippen LogP contribution in [0.2, 0.25) is 0 Å². The van der Waals surface area contributed by atoms with Crippen LogP contribution in [0.1, 0.15) is 24.8 Å². The number of nitrogens with one attached hydrogen (secondary N) is 2. The average Bonchev–Trinajstić information content (AvgIpc) is 3.23. The molecule has 0 aromatic heterocycles. The largest absolute Gasteiger partial charge is 0.332 e. The number of sulfonamides is 1. The molecular weight excluding hydrogens is 394 g/mol. The fraction of sp³-hybridized carbons (Fsp3) is 0.300. The van der Waals surface area contributed by atoms with Crippen molar-refractivity contribution in [2.24, 2.45) is 0 Å². The van der Waals surface area contributed by atoms with Crippen LogP contribution in [-0.4, -0.2) is 36.8 Å². The quantitative estimate of drug-likeness (QED) is 0.707. The fourth-order valence-corrected chi connectivity index (χ4v) is 4.79. The summed E-state index contributed by atoms with van der Waals surface area (Å²) in [6.07, 6.45) is 2.77. The first-order valence-corrected chi connectivity index (χ1v) is 11.0. The highest BCUT2D eigenvalue weighted by molar-refractivity contribution is 7.89. The van der Waals surface area contributed by atoms with Crippen molar-refractivity contribution in [1.82, 2.24) is 9.62 Å². The molecule has 2 N–H and O–H groups in total. The Kier molecular flexibility index (Phi) is 6.77. The van der Waals surface area contributed by atoms with Gasteiger partial charge in [-0.05, 0) is 61.3 Å². The van der Waals surface area contributed by atoms with Crippen molar-refractivity contribution in [2.45, 2.75) is 30.6 Å². The Bertz CT molecular complexity index is 923. The number of aryl methyl sites for hydroxylation is 1. The smallest absolute Gasteiger partial charge is 0.243 e. The van der Waals surface area contributed by atoms with Crippen LogP contribution in [-0.2, 0) is 21.2 Å². The Balaban J connectivity index is 1.50. The Morgan fingerprint density at radius 2 is 1.64 bits per heavy atom. The van der Waals surface area contributed by atoms with Gasteiger partial charge in [-0.15, -0.1) is 0 Å². The summed E-state index contributed by atoms with van der Waals surface area (Å²) < 4.78 is 26.6. The Labute approximate surface area is 171 Å². The van der Waals surface area contributed by atoms with E-state index in [4.69, 9.17) is 12.2 Å². The molecule has 1 saturated heterocycles. The molecule has 2 aromatic carbocycles. The third-order valence-electron chi connectivity index (χ3n) is 4.55. The number of hydrogen-bond donors (Lipinski definition) is 2. The summed E-state index contributed by atoms with van der Waals surface area (Å²) in [5, 5.41) is 5.74. The van der Waals surface area contributed by atoms with Gasteiger partial charge in [0.1, 0.15) is 0 Å². The van der Waals surface area contributed by atoms with Crippen LogP contribution in [0.25, 0.3) is 0 Å². The van der Waals surface area contributed by atoms with Gasteiger partial charge in [-0.2, -0.15) is 4.31 Å². The van der Waals surface area contributed by atoms with Crippen molar-refractivity contribution < 1.29 is 13.2 Å². The highest BCUT2D eigenvalue weighted by Crippen LogP contribution is 2.22. The number of carbonyl (C=O) groups excluding carboxylic acids is 1. The summed E-state index contributed by atoms with van der Waals surface area (Å²) in [7, 11) is -3.43. The van der Waals surface area contributed by atoms with Crippen LogP contribution in [0.15, 0.2) is 59.5 Å². The average molecular weight is 418 g/mol. The number of rotatable bonds is 6. The predicted octanol–water partition coefficient (Wildman–Crippen LogP) is 2.92. The van der Waals surface area contributed by atoms with Gasteiger partial charge in [0.15, 0.2) is 5.11 Å². The van der Waals surface area contributed by atoms with E-state index in [9.17, 15) is 13.2 Å². The van der Waals surface area contributed by atoms with Crippen molar-refractivity contribution in [1.29, 1.82) is 0 Å². The standard InChI is InChI=1S/C20H23N3O3S2/c24-19(13-8-16-6-2-1-3-7-16)22-20(27)21-17-9-11-18(12-10-17)28(25,26)23-14-4-5-15-23/h1-3,6-7,9-12H,4-5,8,13-15H2,(H2,21,22,24,27). The predicted molar refractivity (Wildman–Crippen MR) is 114 cm³/mol. The molecule has 8 heteroatoms. The van der Waals surface area contributed by atoms with Crippen LogP contribution in [0.3, 0.4) is 0 Å². The van der Waals surface area contributed by atoms with E-state index in [1.807, 2.05) is 30.3 Å². The third kappa shape index (κ3) is 5.37. The van der Waals surface area contributed by atoms with Gasteiger partial charge in [-0.1, -0.05) is 30.3 Å². The molecule has 6 nitrogen and oxygen atoms in total. The van der Waals surface area contributed by atoms with Crippen molar-refractivity contribution in [3.05, 3.63) is 60.2 Å². The van der Waals surface area contributed by atoms with Crippen molar-refractivity contribution in [2.75, 3.05) is 18.4 Å². The molecule has 1 fully saturated rings. The highest BCUT2D eigenvalue weighted by atomic mass is 32.2. The second kappa shape index (κ2) is 9.27. The molecule has 1 aliphatic rings. The lowest BCUT2D eigenvalue weighted by Crippen LogP contribution is -2.34. The molecular formula is C20H23N3O3S2. The van der Waals surface area contributed by atoms with Gasteiger partial charge in [-0.3, -0.25) is 4.79 Å². The first-order valence-electron chi connectivity index (χ1n) is 9.20. The molecule has 148 valence electrons. The zero-order chi connectivity index (χ0) is 20.0. The normalized spacial score (nSPS) is 14.6. The molecule has 1 aliphatic heterocycles. The van der Waals surface area contributed by atoms with E-state index in [2.05, 4.69) is 10.6 Å². The molecule has 0 aliphatic carbocycles. The van der Waals surface area contributed by atoms with E-state index in [-0.39, 0.29) is 15.9 Å². The van der Waals surface area contributed by atoms with E-state index in [0.717, 1.165) is 18.4 Å². The molecule has 3 rings (SSSR count). The lowest BCUT2D eigenvalue weighted by Gasteiger charge is -2.16. The second-order valence-electron chi connectivity index (χ2n) is 6.62. The van der Waals surface area contributed by atoms with E-state index < -0.39 is 10.0 Å². The van der Waals surface area contributed by atoms with Crippen molar-refractivity contribution in [3.8, 4) is 0 Å². The zero-order valence-electron chi connectivity index (χ0n) is 15.4. The molecule has 0 bridgehead atoms. The molecule has 2 aromatic rings. The van der Waals surface area contributed by atoms with Gasteiger partial charge in [0.05, 0.1) is 4.90 Å². The molecule has 0 saturated carbocycles. The van der Waals surface area contributed by atoms with Crippen LogP contribution in [0.4, 0.5) is 5.69 Å². The number of carbonyl (C=O) groups is 1. The molecule has 0 unspecified atom stereocenters.